The van der Waals surface area contributed by atoms with Gasteiger partial charge in [0.1, 0.15) is 11.5 Å². The third-order valence-corrected chi connectivity index (χ3v) is 6.80. The van der Waals surface area contributed by atoms with Crippen LogP contribution in [-0.4, -0.2) is 56.1 Å². The van der Waals surface area contributed by atoms with E-state index >= 15 is 0 Å². The van der Waals surface area contributed by atoms with Gasteiger partial charge in [-0.25, -0.2) is 0 Å². The summed E-state index contributed by atoms with van der Waals surface area (Å²) in [6, 6.07) is 10.2. The Morgan fingerprint density at radius 1 is 1.11 bits per heavy atom. The first kappa shape index (κ1) is 23.5. The third kappa shape index (κ3) is 4.90. The molecule has 1 aliphatic carbocycles. The number of Topliss-reactive ketones (excluding diaryl/α,β-unsaturated/α-hetero) is 1. The van der Waals surface area contributed by atoms with Crippen molar-refractivity contribution in [3.8, 4) is 0 Å². The first-order valence-electron chi connectivity index (χ1n) is 12.0. The van der Waals surface area contributed by atoms with Crippen molar-refractivity contribution in [3.05, 3.63) is 71.3 Å². The number of aryl methyl sites for hydroxylation is 1. The smallest absolute Gasteiger partial charge is 0.251 e. The van der Waals surface area contributed by atoms with Crippen molar-refractivity contribution in [3.63, 3.8) is 0 Å². The molecule has 11 heteroatoms. The Balaban J connectivity index is 1.25. The number of carbonyl (C=O) groups excluding carboxylic acids is 4. The van der Waals surface area contributed by atoms with Gasteiger partial charge in [0.25, 0.3) is 5.91 Å². The fraction of sp³-hybridized carbons (Fsp3) is 0.360. The zero-order valence-corrected chi connectivity index (χ0v) is 19.6. The van der Waals surface area contributed by atoms with E-state index in [4.69, 9.17) is 0 Å². The second-order valence-corrected chi connectivity index (χ2v) is 9.17. The third-order valence-electron chi connectivity index (χ3n) is 6.80. The van der Waals surface area contributed by atoms with Crippen LogP contribution >= 0.6 is 0 Å². The molecule has 0 saturated carbocycles. The zero-order chi connectivity index (χ0) is 25.1. The van der Waals surface area contributed by atoms with E-state index in [9.17, 15) is 19.2 Å². The summed E-state index contributed by atoms with van der Waals surface area (Å²) in [6.45, 7) is 0.419. The van der Waals surface area contributed by atoms with E-state index in [1.165, 1.54) is 0 Å². The summed E-state index contributed by atoms with van der Waals surface area (Å²) in [5, 5.41) is 18.5. The molecule has 0 bridgehead atoms. The molecule has 0 spiro atoms. The standard InChI is InChI=1S/C25H27N7O4/c33-20-10-17(25(36)26-11-18-12-28-31-30-18)14-32-9-8-15-6-7-19(22(20)23(15)32)29-21(34)13-27-24(35)16-4-2-1-3-5-16/h1-5,8-9,12,17,19,22H,6-7,10-11,13-14H2,(H,26,36)(H,27,35)(H,29,34)(H,28,30,31)/t17-,19-,22?/m0/s1. The lowest BCUT2D eigenvalue weighted by Crippen LogP contribution is -2.48. The number of rotatable bonds is 7. The molecule has 2 aromatic heterocycles. The molecule has 1 aliphatic heterocycles. The maximum absolute atomic E-state index is 13.4. The number of H-pyrrole nitrogens is 1. The second kappa shape index (κ2) is 10.1. The van der Waals surface area contributed by atoms with Gasteiger partial charge in [0, 0.05) is 42.7 Å². The van der Waals surface area contributed by atoms with Crippen molar-refractivity contribution in [1.82, 2.24) is 35.9 Å². The summed E-state index contributed by atoms with van der Waals surface area (Å²) < 4.78 is 1.97. The largest absolute Gasteiger partial charge is 0.351 e. The van der Waals surface area contributed by atoms with Gasteiger partial charge >= 0.3 is 0 Å². The number of amides is 3. The molecule has 1 aromatic carbocycles. The van der Waals surface area contributed by atoms with Gasteiger partial charge in [-0.05, 0) is 36.6 Å². The van der Waals surface area contributed by atoms with Crippen molar-refractivity contribution >= 4 is 23.5 Å². The lowest BCUT2D eigenvalue weighted by atomic mass is 9.79. The van der Waals surface area contributed by atoms with Crippen LogP contribution in [0, 0.1) is 5.92 Å². The number of benzene rings is 1. The van der Waals surface area contributed by atoms with Crippen LogP contribution in [0.2, 0.25) is 0 Å². The predicted octanol–water partition coefficient (Wildman–Crippen LogP) is 0.456. The lowest BCUT2D eigenvalue weighted by molar-refractivity contribution is -0.130. The first-order valence-corrected chi connectivity index (χ1v) is 12.0. The molecule has 5 rings (SSSR count). The number of ketones is 1. The van der Waals surface area contributed by atoms with Crippen LogP contribution < -0.4 is 16.0 Å². The molecule has 186 valence electrons. The molecular weight excluding hydrogens is 462 g/mol. The number of hydrogen-bond donors (Lipinski definition) is 4. The van der Waals surface area contributed by atoms with Gasteiger partial charge in [0.15, 0.2) is 0 Å². The Labute approximate surface area is 207 Å². The molecule has 0 saturated heterocycles. The van der Waals surface area contributed by atoms with Gasteiger partial charge in [-0.3, -0.25) is 24.3 Å². The Hall–Kier alpha value is -4.28. The molecule has 3 atom stereocenters. The summed E-state index contributed by atoms with van der Waals surface area (Å²) in [5.41, 5.74) is 3.01. The molecular formula is C25H27N7O4. The summed E-state index contributed by atoms with van der Waals surface area (Å²) in [5.74, 6) is -2.07. The minimum absolute atomic E-state index is 0.0754. The van der Waals surface area contributed by atoms with Crippen LogP contribution in [0.4, 0.5) is 0 Å². The van der Waals surface area contributed by atoms with E-state index in [0.717, 1.165) is 17.7 Å². The SMILES string of the molecule is O=C(CNC(=O)c1ccccc1)N[C@H]1CCc2ccn3c2C1C(=O)C[C@H](C(=O)NCc1c[nH]nn1)C3. The van der Waals surface area contributed by atoms with E-state index in [0.29, 0.717) is 24.2 Å². The number of hydrogen-bond acceptors (Lipinski definition) is 6. The van der Waals surface area contributed by atoms with E-state index in [1.54, 1.807) is 30.5 Å². The van der Waals surface area contributed by atoms with Gasteiger partial charge in [0.05, 0.1) is 24.9 Å². The number of nitrogens with zero attached hydrogens (tertiary/aromatic N) is 3. The molecule has 0 fully saturated rings. The quantitative estimate of drug-likeness (QED) is 0.379. The van der Waals surface area contributed by atoms with Crippen molar-refractivity contribution in [2.45, 2.75) is 44.3 Å². The molecule has 0 radical (unpaired) electrons. The number of nitrogens with one attached hydrogen (secondary N) is 4. The highest BCUT2D eigenvalue weighted by atomic mass is 16.2. The highest BCUT2D eigenvalue weighted by Gasteiger charge is 2.42. The predicted molar refractivity (Wildman–Crippen MR) is 128 cm³/mol. The second-order valence-electron chi connectivity index (χ2n) is 9.17. The molecule has 3 amide bonds. The average Bonchev–Trinajstić information content (AvgIpc) is 3.53. The maximum atomic E-state index is 13.4. The van der Waals surface area contributed by atoms with E-state index in [1.807, 2.05) is 22.9 Å². The van der Waals surface area contributed by atoms with E-state index in [-0.39, 0.29) is 43.0 Å². The topological polar surface area (TPSA) is 151 Å². The average molecular weight is 490 g/mol. The number of aromatic nitrogens is 4. The molecule has 3 aromatic rings. The van der Waals surface area contributed by atoms with Gasteiger partial charge in [0.2, 0.25) is 11.8 Å². The highest BCUT2D eigenvalue weighted by molar-refractivity contribution is 5.97. The van der Waals surface area contributed by atoms with Crippen LogP contribution in [0.3, 0.4) is 0 Å². The molecule has 2 aliphatic rings. The van der Waals surface area contributed by atoms with Gasteiger partial charge < -0.3 is 20.5 Å². The van der Waals surface area contributed by atoms with Crippen molar-refractivity contribution in [1.29, 1.82) is 0 Å². The molecule has 11 nitrogen and oxygen atoms in total. The van der Waals surface area contributed by atoms with Crippen LogP contribution in [-0.2, 0) is 33.9 Å². The molecule has 36 heavy (non-hydrogen) atoms. The highest BCUT2D eigenvalue weighted by Crippen LogP contribution is 2.38. The summed E-state index contributed by atoms with van der Waals surface area (Å²) >= 11 is 0. The summed E-state index contributed by atoms with van der Waals surface area (Å²) in [6.07, 6.45) is 4.92. The fourth-order valence-electron chi connectivity index (χ4n) is 5.07. The Morgan fingerprint density at radius 3 is 2.72 bits per heavy atom. The van der Waals surface area contributed by atoms with Crippen LogP contribution in [0.25, 0.3) is 0 Å². The van der Waals surface area contributed by atoms with E-state index < -0.39 is 17.9 Å². The van der Waals surface area contributed by atoms with Crippen molar-refractivity contribution in [2.24, 2.45) is 5.92 Å². The molecule has 1 unspecified atom stereocenters. The normalized spacial score (nSPS) is 20.7. The van der Waals surface area contributed by atoms with Gasteiger partial charge in [-0.15, -0.1) is 5.10 Å². The minimum Gasteiger partial charge on any atom is -0.351 e. The van der Waals surface area contributed by atoms with Crippen molar-refractivity contribution in [2.75, 3.05) is 6.54 Å². The molecule has 4 N–H and O–H groups in total. The van der Waals surface area contributed by atoms with Crippen LogP contribution in [0.15, 0.2) is 48.8 Å². The monoisotopic (exact) mass is 489 g/mol. The fourth-order valence-corrected chi connectivity index (χ4v) is 5.07. The van der Waals surface area contributed by atoms with Crippen molar-refractivity contribution < 1.29 is 19.2 Å². The lowest BCUT2D eigenvalue weighted by Gasteiger charge is -2.32. The molecule has 3 heterocycles. The summed E-state index contributed by atoms with van der Waals surface area (Å²) in [4.78, 5) is 51.3. The minimum atomic E-state index is -0.536. The number of aromatic amines is 1. The zero-order valence-electron chi connectivity index (χ0n) is 19.6. The van der Waals surface area contributed by atoms with Crippen LogP contribution in [0.1, 0.15) is 46.1 Å². The van der Waals surface area contributed by atoms with Gasteiger partial charge in [-0.1, -0.05) is 23.4 Å². The van der Waals surface area contributed by atoms with Crippen LogP contribution in [0.5, 0.6) is 0 Å². The maximum Gasteiger partial charge on any atom is 0.251 e. The van der Waals surface area contributed by atoms with E-state index in [2.05, 4.69) is 31.4 Å². The van der Waals surface area contributed by atoms with Gasteiger partial charge in [-0.2, -0.15) is 0 Å². The Bertz CT molecular complexity index is 1270. The Kier molecular flexibility index (Phi) is 6.61. The summed E-state index contributed by atoms with van der Waals surface area (Å²) in [7, 11) is 0. The Morgan fingerprint density at radius 2 is 1.94 bits per heavy atom. The number of carbonyl (C=O) groups is 4. The first-order chi connectivity index (χ1) is 17.5.